The van der Waals surface area contributed by atoms with E-state index in [2.05, 4.69) is 15.2 Å². The largest absolute Gasteiger partial charge is 0.476 e. The standard InChI is InChI=1S/C10H7N3O2S/c14-10(15)8-1-2-9(13-12-8)16-7-3-5-11-6-4-7/h1-6H,(H,14,15). The summed E-state index contributed by atoms with van der Waals surface area (Å²) in [6.45, 7) is 0. The average Bonchev–Trinajstić information content (AvgIpc) is 2.31. The van der Waals surface area contributed by atoms with Crippen molar-refractivity contribution in [1.82, 2.24) is 15.2 Å². The molecule has 2 rings (SSSR count). The predicted octanol–water partition coefficient (Wildman–Crippen LogP) is 1.72. The number of rotatable bonds is 3. The van der Waals surface area contributed by atoms with E-state index in [-0.39, 0.29) is 5.69 Å². The summed E-state index contributed by atoms with van der Waals surface area (Å²) < 4.78 is 0. The molecule has 80 valence electrons. The highest BCUT2D eigenvalue weighted by Crippen LogP contribution is 2.24. The van der Waals surface area contributed by atoms with Crippen molar-refractivity contribution in [2.24, 2.45) is 0 Å². The smallest absolute Gasteiger partial charge is 0.356 e. The Kier molecular flexibility index (Phi) is 3.11. The highest BCUT2D eigenvalue weighted by molar-refractivity contribution is 7.99. The molecule has 0 bridgehead atoms. The van der Waals surface area contributed by atoms with Gasteiger partial charge in [0.25, 0.3) is 0 Å². The van der Waals surface area contributed by atoms with Crippen molar-refractivity contribution in [2.45, 2.75) is 9.92 Å². The number of aromatic nitrogens is 3. The third-order valence-electron chi connectivity index (χ3n) is 1.73. The zero-order valence-electron chi connectivity index (χ0n) is 8.07. The summed E-state index contributed by atoms with van der Waals surface area (Å²) in [6, 6.07) is 6.75. The van der Waals surface area contributed by atoms with E-state index < -0.39 is 5.97 Å². The Labute approximate surface area is 95.6 Å². The van der Waals surface area contributed by atoms with Gasteiger partial charge in [-0.2, -0.15) is 0 Å². The van der Waals surface area contributed by atoms with Crippen molar-refractivity contribution in [3.05, 3.63) is 42.4 Å². The van der Waals surface area contributed by atoms with E-state index in [1.807, 2.05) is 12.1 Å². The van der Waals surface area contributed by atoms with Gasteiger partial charge in [0.15, 0.2) is 5.69 Å². The number of hydrogen-bond acceptors (Lipinski definition) is 5. The second kappa shape index (κ2) is 4.71. The molecule has 0 spiro atoms. The molecule has 2 aromatic heterocycles. The highest BCUT2D eigenvalue weighted by atomic mass is 32.2. The van der Waals surface area contributed by atoms with E-state index in [0.29, 0.717) is 5.03 Å². The quantitative estimate of drug-likeness (QED) is 0.869. The lowest BCUT2D eigenvalue weighted by Crippen LogP contribution is -2.01. The highest BCUT2D eigenvalue weighted by Gasteiger charge is 2.05. The number of carboxylic acids is 1. The van der Waals surface area contributed by atoms with E-state index in [1.54, 1.807) is 18.5 Å². The molecule has 0 saturated heterocycles. The molecule has 0 fully saturated rings. The maximum absolute atomic E-state index is 10.6. The van der Waals surface area contributed by atoms with Gasteiger partial charge >= 0.3 is 5.97 Å². The summed E-state index contributed by atoms with van der Waals surface area (Å²) in [5.74, 6) is -1.08. The van der Waals surface area contributed by atoms with Gasteiger partial charge in [0, 0.05) is 17.3 Å². The van der Waals surface area contributed by atoms with Crippen LogP contribution in [-0.4, -0.2) is 26.3 Å². The Morgan fingerprint density at radius 1 is 1.12 bits per heavy atom. The van der Waals surface area contributed by atoms with Gasteiger partial charge in [0.05, 0.1) is 0 Å². The zero-order chi connectivity index (χ0) is 11.4. The van der Waals surface area contributed by atoms with Crippen molar-refractivity contribution in [2.75, 3.05) is 0 Å². The summed E-state index contributed by atoms with van der Waals surface area (Å²) in [5.41, 5.74) is -0.0564. The molecule has 0 saturated carbocycles. The van der Waals surface area contributed by atoms with Gasteiger partial charge < -0.3 is 5.11 Å². The molecule has 2 aromatic rings. The molecule has 16 heavy (non-hydrogen) atoms. The van der Waals surface area contributed by atoms with Gasteiger partial charge in [-0.25, -0.2) is 4.79 Å². The minimum Gasteiger partial charge on any atom is -0.476 e. The second-order valence-corrected chi connectivity index (χ2v) is 3.94. The van der Waals surface area contributed by atoms with E-state index in [4.69, 9.17) is 5.11 Å². The van der Waals surface area contributed by atoms with Gasteiger partial charge in [0.2, 0.25) is 0 Å². The fourth-order valence-corrected chi connectivity index (χ4v) is 1.73. The van der Waals surface area contributed by atoms with Crippen LogP contribution in [0.4, 0.5) is 0 Å². The van der Waals surface area contributed by atoms with Crippen LogP contribution in [0.2, 0.25) is 0 Å². The first kappa shape index (κ1) is 10.6. The van der Waals surface area contributed by atoms with Crippen molar-refractivity contribution in [3.8, 4) is 0 Å². The third-order valence-corrected chi connectivity index (χ3v) is 2.67. The minimum atomic E-state index is -1.08. The summed E-state index contributed by atoms with van der Waals surface area (Å²) in [4.78, 5) is 15.4. The lowest BCUT2D eigenvalue weighted by atomic mass is 10.4. The van der Waals surface area contributed by atoms with Gasteiger partial charge in [-0.15, -0.1) is 10.2 Å². The lowest BCUT2D eigenvalue weighted by molar-refractivity contribution is 0.0689. The topological polar surface area (TPSA) is 76.0 Å². The van der Waals surface area contributed by atoms with Crippen LogP contribution in [0, 0.1) is 0 Å². The Hall–Kier alpha value is -1.95. The summed E-state index contributed by atoms with van der Waals surface area (Å²) in [6.07, 6.45) is 3.36. The Balaban J connectivity index is 2.14. The van der Waals surface area contributed by atoms with Gasteiger partial charge in [0.1, 0.15) is 5.03 Å². The first-order valence-corrected chi connectivity index (χ1v) is 5.22. The minimum absolute atomic E-state index is 0.0564. The molecule has 0 aromatic carbocycles. The van der Waals surface area contributed by atoms with Crippen LogP contribution in [0.5, 0.6) is 0 Å². The summed E-state index contributed by atoms with van der Waals surface area (Å²) in [7, 11) is 0. The molecule has 2 heterocycles. The van der Waals surface area contributed by atoms with Crippen molar-refractivity contribution >= 4 is 17.7 Å². The summed E-state index contributed by atoms with van der Waals surface area (Å²) in [5, 5.41) is 16.7. The maximum atomic E-state index is 10.6. The number of pyridine rings is 1. The normalized spacial score (nSPS) is 10.0. The average molecular weight is 233 g/mol. The molecule has 1 N–H and O–H groups in total. The first-order valence-electron chi connectivity index (χ1n) is 4.40. The molecule has 0 unspecified atom stereocenters. The van der Waals surface area contributed by atoms with Crippen LogP contribution < -0.4 is 0 Å². The van der Waals surface area contributed by atoms with Gasteiger partial charge in [-0.05, 0) is 24.3 Å². The molecular formula is C10H7N3O2S. The molecule has 0 amide bonds. The first-order chi connectivity index (χ1) is 7.75. The van der Waals surface area contributed by atoms with Crippen molar-refractivity contribution in [3.63, 3.8) is 0 Å². The summed E-state index contributed by atoms with van der Waals surface area (Å²) >= 11 is 1.40. The molecule has 0 atom stereocenters. The SMILES string of the molecule is O=C(O)c1ccc(Sc2ccncc2)nn1. The molecule has 0 aliphatic carbocycles. The molecule has 0 aliphatic heterocycles. The maximum Gasteiger partial charge on any atom is 0.356 e. The van der Waals surface area contributed by atoms with Gasteiger partial charge in [-0.3, -0.25) is 4.98 Å². The van der Waals surface area contributed by atoms with Crippen LogP contribution in [0.15, 0.2) is 46.6 Å². The third kappa shape index (κ3) is 2.54. The zero-order valence-corrected chi connectivity index (χ0v) is 8.89. The van der Waals surface area contributed by atoms with E-state index in [9.17, 15) is 4.79 Å². The number of nitrogens with zero attached hydrogens (tertiary/aromatic N) is 3. The van der Waals surface area contributed by atoms with Crippen LogP contribution in [0.25, 0.3) is 0 Å². The fourth-order valence-electron chi connectivity index (χ4n) is 1.02. The second-order valence-electron chi connectivity index (χ2n) is 2.85. The van der Waals surface area contributed by atoms with Crippen LogP contribution in [-0.2, 0) is 0 Å². The van der Waals surface area contributed by atoms with Crippen LogP contribution in [0.1, 0.15) is 10.5 Å². The van der Waals surface area contributed by atoms with Crippen molar-refractivity contribution in [1.29, 1.82) is 0 Å². The molecular weight excluding hydrogens is 226 g/mol. The fraction of sp³-hybridized carbons (Fsp3) is 0. The molecule has 6 heteroatoms. The van der Waals surface area contributed by atoms with Crippen molar-refractivity contribution < 1.29 is 9.90 Å². The molecule has 5 nitrogen and oxygen atoms in total. The van der Waals surface area contributed by atoms with Crippen LogP contribution in [0.3, 0.4) is 0 Å². The number of carbonyl (C=O) groups is 1. The van der Waals surface area contributed by atoms with E-state index in [1.165, 1.54) is 17.8 Å². The lowest BCUT2D eigenvalue weighted by Gasteiger charge is -1.99. The number of carboxylic acid groups (broad SMARTS) is 1. The molecule has 0 aliphatic rings. The Morgan fingerprint density at radius 2 is 1.88 bits per heavy atom. The van der Waals surface area contributed by atoms with Gasteiger partial charge in [-0.1, -0.05) is 11.8 Å². The van der Waals surface area contributed by atoms with E-state index >= 15 is 0 Å². The Bertz CT molecular complexity index is 487. The number of aromatic carboxylic acids is 1. The number of hydrogen-bond donors (Lipinski definition) is 1. The monoisotopic (exact) mass is 233 g/mol. The Morgan fingerprint density at radius 3 is 2.44 bits per heavy atom. The van der Waals surface area contributed by atoms with Crippen LogP contribution >= 0.6 is 11.8 Å². The molecule has 0 radical (unpaired) electrons. The van der Waals surface area contributed by atoms with E-state index in [0.717, 1.165) is 4.90 Å². The predicted molar refractivity (Wildman–Crippen MR) is 57.4 cm³/mol.